The third-order valence-electron chi connectivity index (χ3n) is 4.96. The molecular weight excluding hydrogens is 434 g/mol. The van der Waals surface area contributed by atoms with Crippen LogP contribution in [0, 0.1) is 6.92 Å². The molecule has 1 fully saturated rings. The molecule has 3 rings (SSSR count). The van der Waals surface area contributed by atoms with E-state index < -0.39 is 15.6 Å². The van der Waals surface area contributed by atoms with E-state index in [1.165, 1.54) is 38.0 Å². The van der Waals surface area contributed by atoms with E-state index in [4.69, 9.17) is 9.73 Å². The number of hydrogen-bond acceptors (Lipinski definition) is 6. The van der Waals surface area contributed by atoms with E-state index in [-0.39, 0.29) is 10.8 Å². The third-order valence-corrected chi connectivity index (χ3v) is 8.16. The number of methoxy groups -OCH3 is 1. The van der Waals surface area contributed by atoms with Gasteiger partial charge in [-0.25, -0.2) is 17.7 Å². The van der Waals surface area contributed by atoms with Crippen molar-refractivity contribution in [3.63, 3.8) is 0 Å². The van der Waals surface area contributed by atoms with Crippen LogP contribution < -0.4 is 4.74 Å². The van der Waals surface area contributed by atoms with E-state index in [0.29, 0.717) is 27.9 Å². The number of rotatable bonds is 5. The van der Waals surface area contributed by atoms with Gasteiger partial charge in [0, 0.05) is 25.4 Å². The molecule has 0 saturated carbocycles. The predicted molar refractivity (Wildman–Crippen MR) is 125 cm³/mol. The van der Waals surface area contributed by atoms with Crippen LogP contribution in [0.3, 0.4) is 0 Å². The van der Waals surface area contributed by atoms with Crippen molar-refractivity contribution < 1.29 is 17.9 Å². The van der Waals surface area contributed by atoms with Gasteiger partial charge >= 0.3 is 0 Å². The van der Waals surface area contributed by atoms with Gasteiger partial charge in [-0.3, -0.25) is 9.69 Å². The Morgan fingerprint density at radius 2 is 1.90 bits per heavy atom. The Hall–Kier alpha value is -2.36. The third kappa shape index (κ3) is 4.63. The van der Waals surface area contributed by atoms with Crippen molar-refractivity contribution in [2.75, 3.05) is 27.0 Å². The first kappa shape index (κ1) is 23.3. The molecule has 31 heavy (non-hydrogen) atoms. The first-order valence-corrected chi connectivity index (χ1v) is 12.1. The number of carbonyl (C=O) groups excluding carboxylic acids is 1. The number of amides is 1. The van der Waals surface area contributed by atoms with Crippen molar-refractivity contribution >= 4 is 38.5 Å². The molecular formula is C22H27N3O4S2. The van der Waals surface area contributed by atoms with Gasteiger partial charge in [0.2, 0.25) is 10.0 Å². The number of hydrogen-bond donors (Lipinski definition) is 0. The fourth-order valence-corrected chi connectivity index (χ4v) is 5.37. The second kappa shape index (κ2) is 8.64. The van der Waals surface area contributed by atoms with E-state index in [2.05, 4.69) is 0 Å². The molecule has 2 aromatic carbocycles. The molecule has 0 N–H and O–H groups in total. The molecule has 1 aliphatic heterocycles. The SMILES string of the molecule is COc1ccc(C)cc1N=C1SCC(C)(C)N1C(=O)c1cccc(S(=O)(=O)N(C)C)c1. The maximum Gasteiger partial charge on any atom is 0.260 e. The molecule has 1 amide bonds. The van der Waals surface area contributed by atoms with Gasteiger partial charge in [-0.05, 0) is 56.7 Å². The minimum Gasteiger partial charge on any atom is -0.494 e. The van der Waals surface area contributed by atoms with Crippen molar-refractivity contribution in [2.45, 2.75) is 31.2 Å². The lowest BCUT2D eigenvalue weighted by Crippen LogP contribution is -2.46. The summed E-state index contributed by atoms with van der Waals surface area (Å²) in [6.07, 6.45) is 0. The summed E-state index contributed by atoms with van der Waals surface area (Å²) in [7, 11) is 0.857. The van der Waals surface area contributed by atoms with Gasteiger partial charge in [0.1, 0.15) is 11.4 Å². The molecule has 0 spiro atoms. The van der Waals surface area contributed by atoms with Gasteiger partial charge in [0.25, 0.3) is 5.91 Å². The fraction of sp³-hybridized carbons (Fsp3) is 0.364. The Morgan fingerprint density at radius 3 is 2.55 bits per heavy atom. The number of nitrogens with zero attached hydrogens (tertiary/aromatic N) is 3. The molecule has 2 aromatic rings. The molecule has 7 nitrogen and oxygen atoms in total. The zero-order valence-electron chi connectivity index (χ0n) is 18.5. The standard InChI is InChI=1S/C22H27N3O4S2/c1-15-10-11-19(29-6)18(12-15)23-21-25(22(2,3)14-30-21)20(26)16-8-7-9-17(13-16)31(27,28)24(4)5/h7-13H,14H2,1-6H3. The molecule has 1 aliphatic rings. The molecule has 0 aromatic heterocycles. The number of sulfonamides is 1. The largest absolute Gasteiger partial charge is 0.494 e. The topological polar surface area (TPSA) is 79.3 Å². The zero-order chi connectivity index (χ0) is 23.0. The smallest absolute Gasteiger partial charge is 0.260 e. The predicted octanol–water partition coefficient (Wildman–Crippen LogP) is 3.91. The summed E-state index contributed by atoms with van der Waals surface area (Å²) in [5.41, 5.74) is 1.47. The van der Waals surface area contributed by atoms with Gasteiger partial charge in [-0.2, -0.15) is 0 Å². The minimum atomic E-state index is -3.65. The summed E-state index contributed by atoms with van der Waals surface area (Å²) < 4.78 is 31.6. The van der Waals surface area contributed by atoms with Crippen molar-refractivity contribution in [3.05, 3.63) is 53.6 Å². The monoisotopic (exact) mass is 461 g/mol. The Morgan fingerprint density at radius 1 is 1.19 bits per heavy atom. The highest BCUT2D eigenvalue weighted by Gasteiger charge is 2.42. The lowest BCUT2D eigenvalue weighted by Gasteiger charge is -2.30. The van der Waals surface area contributed by atoms with Gasteiger partial charge < -0.3 is 4.74 Å². The molecule has 1 saturated heterocycles. The highest BCUT2D eigenvalue weighted by atomic mass is 32.2. The van der Waals surface area contributed by atoms with E-state index in [1.54, 1.807) is 24.1 Å². The van der Waals surface area contributed by atoms with Gasteiger partial charge in [-0.15, -0.1) is 0 Å². The van der Waals surface area contributed by atoms with Crippen molar-refractivity contribution in [1.29, 1.82) is 0 Å². The molecule has 1 heterocycles. The van der Waals surface area contributed by atoms with Crippen LogP contribution in [-0.4, -0.2) is 61.2 Å². The maximum atomic E-state index is 13.5. The Balaban J connectivity index is 2.06. The number of amidine groups is 1. The summed E-state index contributed by atoms with van der Waals surface area (Å²) in [6.45, 7) is 5.90. The molecule has 0 radical (unpaired) electrons. The van der Waals surface area contributed by atoms with Gasteiger partial charge in [-0.1, -0.05) is 23.9 Å². The van der Waals surface area contributed by atoms with Crippen LogP contribution in [0.15, 0.2) is 52.4 Å². The minimum absolute atomic E-state index is 0.0758. The molecule has 0 aliphatic carbocycles. The summed E-state index contributed by atoms with van der Waals surface area (Å²) in [6, 6.07) is 11.8. The van der Waals surface area contributed by atoms with Crippen molar-refractivity contribution in [2.24, 2.45) is 4.99 Å². The van der Waals surface area contributed by atoms with Crippen LogP contribution in [0.25, 0.3) is 0 Å². The highest BCUT2D eigenvalue weighted by Crippen LogP contribution is 2.38. The lowest BCUT2D eigenvalue weighted by molar-refractivity contribution is 0.0767. The van der Waals surface area contributed by atoms with Crippen LogP contribution in [-0.2, 0) is 10.0 Å². The lowest BCUT2D eigenvalue weighted by atomic mass is 10.0. The number of ether oxygens (including phenoxy) is 1. The number of aryl methyl sites for hydroxylation is 1. The molecule has 0 unspecified atom stereocenters. The van der Waals surface area contributed by atoms with E-state index in [1.807, 2.05) is 39.0 Å². The maximum absolute atomic E-state index is 13.5. The van der Waals surface area contributed by atoms with Crippen LogP contribution in [0.5, 0.6) is 5.75 Å². The summed E-state index contributed by atoms with van der Waals surface area (Å²) in [5.74, 6) is 0.993. The first-order chi connectivity index (χ1) is 14.5. The average molecular weight is 462 g/mol. The summed E-state index contributed by atoms with van der Waals surface area (Å²) >= 11 is 1.49. The number of thioether (sulfide) groups is 1. The Bertz CT molecular complexity index is 1140. The second-order valence-electron chi connectivity index (χ2n) is 8.13. The Labute approximate surface area is 188 Å². The van der Waals surface area contributed by atoms with E-state index in [0.717, 1.165) is 9.87 Å². The van der Waals surface area contributed by atoms with Crippen molar-refractivity contribution in [1.82, 2.24) is 9.21 Å². The highest BCUT2D eigenvalue weighted by molar-refractivity contribution is 8.14. The summed E-state index contributed by atoms with van der Waals surface area (Å²) in [5, 5.41) is 0.555. The van der Waals surface area contributed by atoms with Crippen molar-refractivity contribution in [3.8, 4) is 5.75 Å². The van der Waals surface area contributed by atoms with Crippen LogP contribution in [0.4, 0.5) is 5.69 Å². The molecule has 0 atom stereocenters. The first-order valence-electron chi connectivity index (χ1n) is 9.70. The van der Waals surface area contributed by atoms with Crippen LogP contribution >= 0.6 is 11.8 Å². The Kier molecular flexibility index (Phi) is 6.50. The molecule has 0 bridgehead atoms. The molecule has 166 valence electrons. The van der Waals surface area contributed by atoms with Crippen LogP contribution in [0.1, 0.15) is 29.8 Å². The van der Waals surface area contributed by atoms with Gasteiger partial charge in [0.05, 0.1) is 17.5 Å². The fourth-order valence-electron chi connectivity index (χ4n) is 3.19. The van der Waals surface area contributed by atoms with Gasteiger partial charge in [0.15, 0.2) is 5.17 Å². The quantitative estimate of drug-likeness (QED) is 0.675. The number of carbonyl (C=O) groups is 1. The second-order valence-corrected chi connectivity index (χ2v) is 11.2. The number of aliphatic imine (C=N–C) groups is 1. The summed E-state index contributed by atoms with van der Waals surface area (Å²) in [4.78, 5) is 20.0. The van der Waals surface area contributed by atoms with Crippen LogP contribution in [0.2, 0.25) is 0 Å². The van der Waals surface area contributed by atoms with E-state index >= 15 is 0 Å². The molecule has 9 heteroatoms. The normalized spacial score (nSPS) is 17.4. The zero-order valence-corrected chi connectivity index (χ0v) is 20.2. The average Bonchev–Trinajstić information content (AvgIpc) is 3.01. The van der Waals surface area contributed by atoms with E-state index in [9.17, 15) is 13.2 Å². The number of benzene rings is 2.